The second-order valence-corrected chi connectivity index (χ2v) is 6.72. The molecule has 1 atom stereocenters. The Morgan fingerprint density at radius 3 is 2.45 bits per heavy atom. The maximum Gasteiger partial charge on any atom is 0.295 e. The monoisotopic (exact) mass is 288 g/mol. The summed E-state index contributed by atoms with van der Waals surface area (Å²) >= 11 is 0. The Balaban J connectivity index is 2.35. The first kappa shape index (κ1) is 12.9. The maximum absolute atomic E-state index is 12.6. The molecule has 5 heteroatoms. The van der Waals surface area contributed by atoms with Crippen LogP contribution in [0.4, 0.5) is 0 Å². The van der Waals surface area contributed by atoms with Crippen LogP contribution in [0.3, 0.4) is 0 Å². The number of rotatable bonds is 3. The van der Waals surface area contributed by atoms with Crippen LogP contribution < -0.4 is 0 Å². The van der Waals surface area contributed by atoms with Crippen LogP contribution >= 0.6 is 0 Å². The van der Waals surface area contributed by atoms with E-state index in [0.29, 0.717) is 11.1 Å². The van der Waals surface area contributed by atoms with Gasteiger partial charge in [0.25, 0.3) is 11.4 Å². The molecular weight excluding hydrogens is 276 g/mol. The van der Waals surface area contributed by atoms with Gasteiger partial charge in [0.1, 0.15) is 0 Å². The van der Waals surface area contributed by atoms with Crippen molar-refractivity contribution in [2.75, 3.05) is 0 Å². The molecule has 0 bridgehead atoms. The van der Waals surface area contributed by atoms with E-state index in [1.54, 1.807) is 48.5 Å². The van der Waals surface area contributed by atoms with Crippen molar-refractivity contribution in [1.82, 2.24) is 0 Å². The van der Waals surface area contributed by atoms with Gasteiger partial charge in [0.05, 0.1) is 4.90 Å². The molecule has 0 amide bonds. The zero-order valence-electron chi connectivity index (χ0n) is 10.7. The lowest BCUT2D eigenvalue weighted by molar-refractivity contribution is -0.135. The highest BCUT2D eigenvalue weighted by Gasteiger charge is 2.61. The molecule has 2 aromatic carbocycles. The molecule has 2 aromatic rings. The van der Waals surface area contributed by atoms with Gasteiger partial charge < -0.3 is 4.74 Å². The Kier molecular flexibility index (Phi) is 2.69. The van der Waals surface area contributed by atoms with Gasteiger partial charge >= 0.3 is 0 Å². The van der Waals surface area contributed by atoms with Crippen LogP contribution in [0.2, 0.25) is 0 Å². The van der Waals surface area contributed by atoms with Crippen LogP contribution in [-0.4, -0.2) is 14.9 Å². The third-order valence-electron chi connectivity index (χ3n) is 3.53. The van der Waals surface area contributed by atoms with Gasteiger partial charge in [0.15, 0.2) is 0 Å². The van der Waals surface area contributed by atoms with Crippen LogP contribution in [0.5, 0.6) is 0 Å². The van der Waals surface area contributed by atoms with Gasteiger partial charge in [0, 0.05) is 11.1 Å². The van der Waals surface area contributed by atoms with E-state index in [-0.39, 0.29) is 11.4 Å². The number of aryl methyl sites for hydroxylation is 1. The number of carbonyl (C=O) groups is 1. The summed E-state index contributed by atoms with van der Waals surface area (Å²) in [5, 5.41) is 0. The molecular formula is C15H12O4S. The molecule has 0 saturated heterocycles. The molecule has 0 spiro atoms. The smallest absolute Gasteiger partial charge is 0.295 e. The third-order valence-corrected chi connectivity index (χ3v) is 5.77. The molecule has 0 saturated carbocycles. The highest BCUT2D eigenvalue weighted by atomic mass is 32.2. The fraction of sp³-hybridized carbons (Fsp3) is 0.133. The van der Waals surface area contributed by atoms with Crippen molar-refractivity contribution in [3.63, 3.8) is 0 Å². The van der Waals surface area contributed by atoms with Crippen molar-refractivity contribution in [3.8, 4) is 0 Å². The van der Waals surface area contributed by atoms with Gasteiger partial charge in [-0.2, -0.15) is 0 Å². The lowest BCUT2D eigenvalue weighted by atomic mass is 9.97. The minimum absolute atomic E-state index is 0.190. The summed E-state index contributed by atoms with van der Waals surface area (Å²) in [5.74, 6) is 0. The number of sulfone groups is 1. The molecule has 0 radical (unpaired) electrons. The molecule has 0 fully saturated rings. The average Bonchev–Trinajstić information content (AvgIpc) is 2.45. The van der Waals surface area contributed by atoms with Crippen LogP contribution in [-0.2, 0) is 24.3 Å². The Morgan fingerprint density at radius 1 is 1.10 bits per heavy atom. The van der Waals surface area contributed by atoms with Gasteiger partial charge in [-0.25, -0.2) is 8.42 Å². The van der Waals surface area contributed by atoms with Crippen LogP contribution in [0.1, 0.15) is 16.7 Å². The molecule has 0 N–H and O–H groups in total. The predicted octanol–water partition coefficient (Wildman–Crippen LogP) is 2.16. The summed E-state index contributed by atoms with van der Waals surface area (Å²) in [6.45, 7) is 2.05. The molecule has 1 heterocycles. The quantitative estimate of drug-likeness (QED) is 0.812. The molecule has 0 aliphatic carbocycles. The minimum Gasteiger partial charge on any atom is -0.435 e. The number of ether oxygens (including phenoxy) is 1. The molecule has 4 nitrogen and oxygen atoms in total. The van der Waals surface area contributed by atoms with E-state index >= 15 is 0 Å². The Bertz CT molecular complexity index is 781. The highest BCUT2D eigenvalue weighted by molar-refractivity contribution is 7.94. The summed E-state index contributed by atoms with van der Waals surface area (Å²) in [5.41, 5.74) is 1.86. The zero-order valence-corrected chi connectivity index (χ0v) is 11.6. The van der Waals surface area contributed by atoms with Crippen LogP contribution in [0, 0.1) is 6.92 Å². The highest BCUT2D eigenvalue weighted by Crippen LogP contribution is 2.53. The molecule has 0 aromatic heterocycles. The molecule has 1 aliphatic heterocycles. The average molecular weight is 288 g/mol. The van der Waals surface area contributed by atoms with E-state index in [1.807, 2.05) is 6.92 Å². The predicted molar refractivity (Wildman–Crippen MR) is 72.7 cm³/mol. The summed E-state index contributed by atoms with van der Waals surface area (Å²) in [6, 6.07) is 13.5. The number of fused-ring (bicyclic) bond motifs is 1. The van der Waals surface area contributed by atoms with Gasteiger partial charge in [-0.15, -0.1) is 0 Å². The lowest BCUT2D eigenvalue weighted by Gasteiger charge is -2.41. The van der Waals surface area contributed by atoms with E-state index in [9.17, 15) is 13.2 Å². The fourth-order valence-electron chi connectivity index (χ4n) is 2.62. The van der Waals surface area contributed by atoms with Crippen molar-refractivity contribution in [2.24, 2.45) is 0 Å². The third kappa shape index (κ3) is 1.41. The first-order valence-electron chi connectivity index (χ1n) is 6.07. The van der Waals surface area contributed by atoms with Gasteiger partial charge in [-0.1, -0.05) is 42.0 Å². The zero-order chi connectivity index (χ0) is 14.4. The number of benzene rings is 2. The van der Waals surface area contributed by atoms with E-state index < -0.39 is 14.8 Å². The fourth-order valence-corrected chi connectivity index (χ4v) is 4.59. The topological polar surface area (TPSA) is 60.4 Å². The van der Waals surface area contributed by atoms with Gasteiger partial charge in [-0.05, 0) is 19.1 Å². The van der Waals surface area contributed by atoms with Crippen LogP contribution in [0.25, 0.3) is 0 Å². The molecule has 20 heavy (non-hydrogen) atoms. The normalized spacial score (nSPS) is 22.4. The summed E-state index contributed by atoms with van der Waals surface area (Å²) in [4.78, 5) is 9.39. The Morgan fingerprint density at radius 2 is 1.80 bits per heavy atom. The SMILES string of the molecule is Cc1ccc2c(c1)C(OC=O)(c1ccccc1)S2(=O)=O. The van der Waals surface area contributed by atoms with E-state index in [2.05, 4.69) is 0 Å². The minimum atomic E-state index is -3.73. The first-order valence-corrected chi connectivity index (χ1v) is 7.55. The number of hydrogen-bond donors (Lipinski definition) is 0. The summed E-state index contributed by atoms with van der Waals surface area (Å²) < 4.78 is 30.2. The van der Waals surface area contributed by atoms with E-state index in [0.717, 1.165) is 5.56 Å². The van der Waals surface area contributed by atoms with E-state index in [4.69, 9.17) is 4.74 Å². The van der Waals surface area contributed by atoms with E-state index in [1.165, 1.54) is 0 Å². The lowest BCUT2D eigenvalue weighted by Crippen LogP contribution is -2.48. The molecule has 1 aliphatic rings. The van der Waals surface area contributed by atoms with Gasteiger partial charge in [0.2, 0.25) is 9.84 Å². The first-order chi connectivity index (χ1) is 9.54. The van der Waals surface area contributed by atoms with Gasteiger partial charge in [-0.3, -0.25) is 4.79 Å². The second-order valence-electron chi connectivity index (χ2n) is 4.70. The van der Waals surface area contributed by atoms with Crippen molar-refractivity contribution < 1.29 is 17.9 Å². The largest absolute Gasteiger partial charge is 0.435 e. The van der Waals surface area contributed by atoms with Crippen molar-refractivity contribution in [3.05, 3.63) is 65.2 Å². The maximum atomic E-state index is 12.6. The summed E-state index contributed by atoms with van der Waals surface area (Å²) in [6.07, 6.45) is 0. The number of hydrogen-bond acceptors (Lipinski definition) is 4. The number of carbonyl (C=O) groups excluding carboxylic acids is 1. The van der Waals surface area contributed by atoms with Crippen molar-refractivity contribution >= 4 is 16.3 Å². The standard InChI is InChI=1S/C15H12O4S/c1-11-7-8-14-13(9-11)15(19-10-16,20(14,17)18)12-5-3-2-4-6-12/h2-10H,1H3. The second kappa shape index (κ2) is 4.18. The van der Waals surface area contributed by atoms with Crippen molar-refractivity contribution in [1.29, 1.82) is 0 Å². The van der Waals surface area contributed by atoms with Crippen LogP contribution in [0.15, 0.2) is 53.4 Å². The Hall–Kier alpha value is -2.14. The molecule has 102 valence electrons. The molecule has 1 unspecified atom stereocenters. The Labute approximate surface area is 116 Å². The summed E-state index contributed by atoms with van der Waals surface area (Å²) in [7, 11) is -3.73. The van der Waals surface area contributed by atoms with Crippen molar-refractivity contribution in [2.45, 2.75) is 16.8 Å². The molecule has 3 rings (SSSR count).